The van der Waals surface area contributed by atoms with Crippen LogP contribution >= 0.6 is 0 Å². The third-order valence-corrected chi connectivity index (χ3v) is 1.91. The number of carbonyl (C=O) groups excluding carboxylic acids is 1. The van der Waals surface area contributed by atoms with Gasteiger partial charge in [-0.1, -0.05) is 20.8 Å². The predicted octanol–water partition coefficient (Wildman–Crippen LogP) is 0.502. The number of ketones is 1. The van der Waals surface area contributed by atoms with Crippen LogP contribution in [0.2, 0.25) is 0 Å². The van der Waals surface area contributed by atoms with Gasteiger partial charge in [0.25, 0.3) is 0 Å². The van der Waals surface area contributed by atoms with Crippen LogP contribution < -0.4 is 5.32 Å². The summed E-state index contributed by atoms with van der Waals surface area (Å²) in [5, 5.41) is 11.8. The SMILES string of the molecule is CCC(=O)C(NC(O)OC)C(C)C. The minimum Gasteiger partial charge on any atom is -0.356 e. The number of methoxy groups -OCH3 is 1. The molecule has 0 spiro atoms. The number of carbonyl (C=O) groups is 1. The van der Waals surface area contributed by atoms with E-state index < -0.39 is 6.41 Å². The third-order valence-electron chi connectivity index (χ3n) is 1.91. The standard InChI is InChI=1S/C9H19NO3/c1-5-7(11)8(6(2)3)10-9(12)13-4/h6,8-10,12H,5H2,1-4H3. The number of nitrogens with one attached hydrogen (secondary N) is 1. The lowest BCUT2D eigenvalue weighted by molar-refractivity contribution is -0.133. The first kappa shape index (κ1) is 12.6. The third kappa shape index (κ3) is 4.36. The van der Waals surface area contributed by atoms with Gasteiger partial charge in [-0.2, -0.15) is 0 Å². The maximum atomic E-state index is 11.4. The normalized spacial score (nSPS) is 15.8. The fourth-order valence-electron chi connectivity index (χ4n) is 1.10. The Morgan fingerprint density at radius 3 is 2.38 bits per heavy atom. The molecule has 0 aromatic heterocycles. The van der Waals surface area contributed by atoms with Crippen LogP contribution in [0.15, 0.2) is 0 Å². The van der Waals surface area contributed by atoms with Crippen LogP contribution in [0.1, 0.15) is 27.2 Å². The topological polar surface area (TPSA) is 58.6 Å². The molecule has 2 N–H and O–H groups in total. The summed E-state index contributed by atoms with van der Waals surface area (Å²) in [6.07, 6.45) is -0.602. The van der Waals surface area contributed by atoms with E-state index in [2.05, 4.69) is 10.1 Å². The van der Waals surface area contributed by atoms with E-state index in [0.29, 0.717) is 6.42 Å². The molecule has 0 amide bonds. The van der Waals surface area contributed by atoms with Gasteiger partial charge in [0, 0.05) is 13.5 Å². The van der Waals surface area contributed by atoms with Gasteiger partial charge in [0.2, 0.25) is 6.41 Å². The van der Waals surface area contributed by atoms with Gasteiger partial charge in [0.1, 0.15) is 5.78 Å². The summed E-state index contributed by atoms with van der Waals surface area (Å²) >= 11 is 0. The molecule has 0 aromatic rings. The zero-order valence-electron chi connectivity index (χ0n) is 8.70. The Morgan fingerprint density at radius 1 is 1.54 bits per heavy atom. The quantitative estimate of drug-likeness (QED) is 0.597. The second-order valence-corrected chi connectivity index (χ2v) is 3.30. The van der Waals surface area contributed by atoms with Crippen molar-refractivity contribution in [3.05, 3.63) is 0 Å². The van der Waals surface area contributed by atoms with Crippen molar-refractivity contribution >= 4 is 5.78 Å². The summed E-state index contributed by atoms with van der Waals surface area (Å²) in [5.41, 5.74) is 0. The summed E-state index contributed by atoms with van der Waals surface area (Å²) in [4.78, 5) is 11.4. The van der Waals surface area contributed by atoms with E-state index in [1.807, 2.05) is 13.8 Å². The van der Waals surface area contributed by atoms with Gasteiger partial charge >= 0.3 is 0 Å². The minimum atomic E-state index is -1.07. The molecule has 0 aliphatic carbocycles. The average molecular weight is 189 g/mol. The van der Waals surface area contributed by atoms with Crippen molar-refractivity contribution in [3.8, 4) is 0 Å². The van der Waals surface area contributed by atoms with Crippen LogP contribution in [0.4, 0.5) is 0 Å². The van der Waals surface area contributed by atoms with Crippen molar-refractivity contribution in [2.24, 2.45) is 5.92 Å². The summed E-state index contributed by atoms with van der Waals surface area (Å²) in [5.74, 6) is 0.239. The zero-order chi connectivity index (χ0) is 10.4. The van der Waals surface area contributed by atoms with Crippen LogP contribution in [0.5, 0.6) is 0 Å². The molecule has 0 rings (SSSR count). The molecule has 2 atom stereocenters. The molecule has 0 saturated carbocycles. The number of Topliss-reactive ketones (excluding diaryl/α,β-unsaturated/α-hetero) is 1. The largest absolute Gasteiger partial charge is 0.356 e. The number of ether oxygens (including phenoxy) is 1. The molecule has 0 bridgehead atoms. The number of rotatable bonds is 6. The van der Waals surface area contributed by atoms with Crippen LogP contribution in [-0.2, 0) is 9.53 Å². The first-order valence-electron chi connectivity index (χ1n) is 4.52. The number of hydrogen-bond donors (Lipinski definition) is 2. The summed E-state index contributed by atoms with van der Waals surface area (Å²) in [7, 11) is 1.38. The van der Waals surface area contributed by atoms with Crippen molar-refractivity contribution in [2.45, 2.75) is 39.6 Å². The predicted molar refractivity (Wildman–Crippen MR) is 50.1 cm³/mol. The highest BCUT2D eigenvalue weighted by Gasteiger charge is 2.22. The molecule has 0 radical (unpaired) electrons. The Balaban J connectivity index is 4.18. The Morgan fingerprint density at radius 2 is 2.08 bits per heavy atom. The highest BCUT2D eigenvalue weighted by atomic mass is 16.6. The molecule has 0 aliphatic rings. The van der Waals surface area contributed by atoms with E-state index >= 15 is 0 Å². The summed E-state index contributed by atoms with van der Waals surface area (Å²) in [6.45, 7) is 5.65. The molecule has 0 heterocycles. The van der Waals surface area contributed by atoms with E-state index in [4.69, 9.17) is 5.11 Å². The Hall–Kier alpha value is -0.450. The molecule has 0 saturated heterocycles. The second-order valence-electron chi connectivity index (χ2n) is 3.30. The molecule has 78 valence electrons. The maximum absolute atomic E-state index is 11.4. The molecule has 0 fully saturated rings. The van der Waals surface area contributed by atoms with E-state index in [1.54, 1.807) is 6.92 Å². The van der Waals surface area contributed by atoms with Gasteiger partial charge in [-0.15, -0.1) is 0 Å². The van der Waals surface area contributed by atoms with Crippen molar-refractivity contribution in [1.82, 2.24) is 5.32 Å². The van der Waals surface area contributed by atoms with Crippen molar-refractivity contribution < 1.29 is 14.6 Å². The molecule has 0 aliphatic heterocycles. The molecule has 0 aromatic carbocycles. The maximum Gasteiger partial charge on any atom is 0.213 e. The Bertz CT molecular complexity index is 159. The highest BCUT2D eigenvalue weighted by Crippen LogP contribution is 2.05. The van der Waals surface area contributed by atoms with Gasteiger partial charge in [-0.05, 0) is 5.92 Å². The van der Waals surface area contributed by atoms with Gasteiger partial charge in [0.05, 0.1) is 6.04 Å². The van der Waals surface area contributed by atoms with E-state index in [1.165, 1.54) is 7.11 Å². The van der Waals surface area contributed by atoms with Crippen molar-refractivity contribution in [1.29, 1.82) is 0 Å². The molecule has 13 heavy (non-hydrogen) atoms. The fourth-order valence-corrected chi connectivity index (χ4v) is 1.10. The van der Waals surface area contributed by atoms with Gasteiger partial charge < -0.3 is 9.84 Å². The van der Waals surface area contributed by atoms with Gasteiger partial charge in [-0.3, -0.25) is 10.1 Å². The van der Waals surface area contributed by atoms with Crippen LogP contribution in [0.3, 0.4) is 0 Å². The zero-order valence-corrected chi connectivity index (χ0v) is 8.70. The lowest BCUT2D eigenvalue weighted by Crippen LogP contribution is -2.47. The van der Waals surface area contributed by atoms with Crippen LogP contribution in [-0.4, -0.2) is 30.5 Å². The first-order valence-corrected chi connectivity index (χ1v) is 4.52. The van der Waals surface area contributed by atoms with E-state index in [-0.39, 0.29) is 17.7 Å². The lowest BCUT2D eigenvalue weighted by Gasteiger charge is -2.23. The Labute approximate surface area is 79.3 Å². The first-order chi connectivity index (χ1) is 6.02. The smallest absolute Gasteiger partial charge is 0.213 e. The molecule has 4 heteroatoms. The number of aliphatic hydroxyl groups is 1. The molecule has 2 unspecified atom stereocenters. The number of hydrogen-bond acceptors (Lipinski definition) is 4. The monoisotopic (exact) mass is 189 g/mol. The van der Waals surface area contributed by atoms with Crippen molar-refractivity contribution in [2.75, 3.05) is 7.11 Å². The molecular formula is C9H19NO3. The molecular weight excluding hydrogens is 170 g/mol. The Kier molecular flexibility index (Phi) is 5.86. The van der Waals surface area contributed by atoms with E-state index in [9.17, 15) is 4.79 Å². The highest BCUT2D eigenvalue weighted by molar-refractivity contribution is 5.83. The van der Waals surface area contributed by atoms with Gasteiger partial charge in [0.15, 0.2) is 0 Å². The fraction of sp³-hybridized carbons (Fsp3) is 0.889. The molecule has 4 nitrogen and oxygen atoms in total. The van der Waals surface area contributed by atoms with Crippen LogP contribution in [0, 0.1) is 5.92 Å². The van der Waals surface area contributed by atoms with Crippen LogP contribution in [0.25, 0.3) is 0 Å². The lowest BCUT2D eigenvalue weighted by atomic mass is 9.99. The number of aliphatic hydroxyl groups excluding tert-OH is 1. The average Bonchev–Trinajstić information content (AvgIpc) is 2.11. The summed E-state index contributed by atoms with van der Waals surface area (Å²) in [6, 6.07) is -0.333. The minimum absolute atomic E-state index is 0.0890. The van der Waals surface area contributed by atoms with Gasteiger partial charge in [-0.25, -0.2) is 0 Å². The van der Waals surface area contributed by atoms with Crippen molar-refractivity contribution in [3.63, 3.8) is 0 Å². The second kappa shape index (κ2) is 6.07. The van der Waals surface area contributed by atoms with E-state index in [0.717, 1.165) is 0 Å². The summed E-state index contributed by atoms with van der Waals surface area (Å²) < 4.78 is 4.62.